The van der Waals surface area contributed by atoms with Gasteiger partial charge in [-0.1, -0.05) is 54.6 Å². The van der Waals surface area contributed by atoms with Gasteiger partial charge in [0, 0.05) is 19.5 Å². The van der Waals surface area contributed by atoms with Gasteiger partial charge in [-0.15, -0.1) is 0 Å². The Balaban J connectivity index is 1.49. The van der Waals surface area contributed by atoms with Gasteiger partial charge in [-0.05, 0) is 49.0 Å². The Morgan fingerprint density at radius 1 is 0.917 bits per heavy atom. The third kappa shape index (κ3) is 4.93. The maximum atomic E-state index is 12.1. The van der Waals surface area contributed by atoms with E-state index in [4.69, 9.17) is 0 Å². The minimum absolute atomic E-state index is 0.120. The molecule has 1 aliphatic heterocycles. The fourth-order valence-corrected chi connectivity index (χ4v) is 3.25. The number of nitrogens with zero attached hydrogens (tertiary/aromatic N) is 1. The number of carbonyl (C=O) groups excluding carboxylic acids is 1. The van der Waals surface area contributed by atoms with Crippen molar-refractivity contribution in [2.24, 2.45) is 0 Å². The summed E-state index contributed by atoms with van der Waals surface area (Å²) in [6, 6.07) is 18.6. The third-order valence-electron chi connectivity index (χ3n) is 4.67. The van der Waals surface area contributed by atoms with Crippen LogP contribution in [0.5, 0.6) is 0 Å². The quantitative estimate of drug-likeness (QED) is 0.846. The molecule has 3 rings (SSSR count). The van der Waals surface area contributed by atoms with E-state index in [0.717, 1.165) is 13.0 Å². The van der Waals surface area contributed by atoms with Crippen LogP contribution < -0.4 is 5.32 Å². The second-order valence-corrected chi connectivity index (χ2v) is 6.51. The maximum Gasteiger partial charge on any atom is 0.220 e. The number of hydrogen-bond acceptors (Lipinski definition) is 2. The highest BCUT2D eigenvalue weighted by molar-refractivity contribution is 5.76. The molecule has 1 saturated heterocycles. The first-order valence-corrected chi connectivity index (χ1v) is 8.91. The van der Waals surface area contributed by atoms with Crippen LogP contribution in [0.4, 0.5) is 0 Å². The van der Waals surface area contributed by atoms with Crippen molar-refractivity contribution in [1.82, 2.24) is 10.2 Å². The zero-order chi connectivity index (χ0) is 16.6. The standard InChI is InChI=1S/C21H26N2O/c24-21(13-12-18-8-2-1-3-9-18)22-16-19-10-4-5-11-20(19)17-23-14-6-7-15-23/h1-5,8-11H,6-7,12-17H2,(H,22,24). The highest BCUT2D eigenvalue weighted by Gasteiger charge is 2.13. The molecule has 0 aliphatic carbocycles. The van der Waals surface area contributed by atoms with Crippen LogP contribution in [0.25, 0.3) is 0 Å². The molecule has 3 nitrogen and oxygen atoms in total. The third-order valence-corrected chi connectivity index (χ3v) is 4.67. The molecule has 1 fully saturated rings. The molecule has 2 aromatic rings. The predicted molar refractivity (Wildman–Crippen MR) is 97.6 cm³/mol. The minimum Gasteiger partial charge on any atom is -0.352 e. The molecule has 1 amide bonds. The van der Waals surface area contributed by atoms with Gasteiger partial charge in [0.2, 0.25) is 5.91 Å². The van der Waals surface area contributed by atoms with Crippen molar-refractivity contribution in [3.05, 3.63) is 71.3 Å². The van der Waals surface area contributed by atoms with E-state index in [1.165, 1.54) is 42.6 Å². The summed E-state index contributed by atoms with van der Waals surface area (Å²) in [5.74, 6) is 0.120. The number of hydrogen-bond donors (Lipinski definition) is 1. The van der Waals surface area contributed by atoms with E-state index < -0.39 is 0 Å². The predicted octanol–water partition coefficient (Wildman–Crippen LogP) is 3.53. The number of rotatable bonds is 7. The molecule has 0 radical (unpaired) electrons. The lowest BCUT2D eigenvalue weighted by Gasteiger charge is -2.17. The minimum atomic E-state index is 0.120. The Kier molecular flexibility index (Phi) is 6.02. The van der Waals surface area contributed by atoms with Gasteiger partial charge in [0.1, 0.15) is 0 Å². The van der Waals surface area contributed by atoms with E-state index in [9.17, 15) is 4.79 Å². The molecule has 24 heavy (non-hydrogen) atoms. The lowest BCUT2D eigenvalue weighted by molar-refractivity contribution is -0.121. The highest BCUT2D eigenvalue weighted by atomic mass is 16.1. The molecule has 2 aromatic carbocycles. The van der Waals surface area contributed by atoms with Crippen molar-refractivity contribution < 1.29 is 4.79 Å². The van der Waals surface area contributed by atoms with Crippen LogP contribution in [0.1, 0.15) is 36.0 Å². The van der Waals surface area contributed by atoms with Gasteiger partial charge in [0.05, 0.1) is 0 Å². The van der Waals surface area contributed by atoms with Crippen LogP contribution in [0.2, 0.25) is 0 Å². The fourth-order valence-electron chi connectivity index (χ4n) is 3.25. The Hall–Kier alpha value is -2.13. The summed E-state index contributed by atoms with van der Waals surface area (Å²) in [4.78, 5) is 14.6. The SMILES string of the molecule is O=C(CCc1ccccc1)NCc1ccccc1CN1CCCC1. The van der Waals surface area contributed by atoms with Crippen molar-refractivity contribution in [1.29, 1.82) is 0 Å². The molecule has 0 unspecified atom stereocenters. The van der Waals surface area contributed by atoms with Crippen LogP contribution in [-0.4, -0.2) is 23.9 Å². The lowest BCUT2D eigenvalue weighted by Crippen LogP contribution is -2.25. The molecule has 0 saturated carbocycles. The lowest BCUT2D eigenvalue weighted by atomic mass is 10.1. The largest absolute Gasteiger partial charge is 0.352 e. The Morgan fingerprint density at radius 2 is 1.58 bits per heavy atom. The summed E-state index contributed by atoms with van der Waals surface area (Å²) in [6.07, 6.45) is 3.94. The molecule has 0 aromatic heterocycles. The van der Waals surface area contributed by atoms with Gasteiger partial charge in [-0.25, -0.2) is 0 Å². The van der Waals surface area contributed by atoms with Crippen LogP contribution in [0.15, 0.2) is 54.6 Å². The van der Waals surface area contributed by atoms with Gasteiger partial charge in [0.15, 0.2) is 0 Å². The molecule has 3 heteroatoms. The van der Waals surface area contributed by atoms with Gasteiger partial charge < -0.3 is 5.32 Å². The summed E-state index contributed by atoms with van der Waals surface area (Å²) < 4.78 is 0. The first-order valence-electron chi connectivity index (χ1n) is 8.91. The molecule has 0 spiro atoms. The molecule has 126 valence electrons. The first-order chi connectivity index (χ1) is 11.8. The average Bonchev–Trinajstić information content (AvgIpc) is 3.13. The van der Waals surface area contributed by atoms with Crippen molar-refractivity contribution in [3.8, 4) is 0 Å². The van der Waals surface area contributed by atoms with E-state index in [0.29, 0.717) is 13.0 Å². The molecule has 1 aliphatic rings. The van der Waals surface area contributed by atoms with Gasteiger partial charge >= 0.3 is 0 Å². The summed E-state index contributed by atoms with van der Waals surface area (Å²) in [7, 11) is 0. The van der Waals surface area contributed by atoms with Crippen LogP contribution >= 0.6 is 0 Å². The van der Waals surface area contributed by atoms with E-state index in [2.05, 4.69) is 46.6 Å². The maximum absolute atomic E-state index is 12.1. The number of nitrogens with one attached hydrogen (secondary N) is 1. The van der Waals surface area contributed by atoms with E-state index in [1.807, 2.05) is 18.2 Å². The zero-order valence-electron chi connectivity index (χ0n) is 14.2. The van der Waals surface area contributed by atoms with Crippen molar-refractivity contribution >= 4 is 5.91 Å². The van der Waals surface area contributed by atoms with Crippen LogP contribution in [0, 0.1) is 0 Å². The summed E-state index contributed by atoms with van der Waals surface area (Å²) in [5.41, 5.74) is 3.78. The number of aryl methyl sites for hydroxylation is 1. The Bertz CT molecular complexity index is 648. The molecule has 1 heterocycles. The Morgan fingerprint density at radius 3 is 2.33 bits per heavy atom. The van der Waals surface area contributed by atoms with Crippen LogP contribution in [0.3, 0.4) is 0 Å². The van der Waals surface area contributed by atoms with E-state index >= 15 is 0 Å². The zero-order valence-corrected chi connectivity index (χ0v) is 14.2. The molecular weight excluding hydrogens is 296 g/mol. The second-order valence-electron chi connectivity index (χ2n) is 6.51. The summed E-state index contributed by atoms with van der Waals surface area (Å²) >= 11 is 0. The first kappa shape index (κ1) is 16.7. The van der Waals surface area contributed by atoms with Crippen molar-refractivity contribution in [3.63, 3.8) is 0 Å². The van der Waals surface area contributed by atoms with Gasteiger partial charge in [0.25, 0.3) is 0 Å². The number of benzene rings is 2. The summed E-state index contributed by atoms with van der Waals surface area (Å²) in [6.45, 7) is 4.00. The fraction of sp³-hybridized carbons (Fsp3) is 0.381. The smallest absolute Gasteiger partial charge is 0.220 e. The van der Waals surface area contributed by atoms with Gasteiger partial charge in [-0.2, -0.15) is 0 Å². The number of likely N-dealkylation sites (tertiary alicyclic amines) is 1. The van der Waals surface area contributed by atoms with Crippen LogP contribution in [-0.2, 0) is 24.3 Å². The second kappa shape index (κ2) is 8.65. The van der Waals surface area contributed by atoms with E-state index in [1.54, 1.807) is 0 Å². The van der Waals surface area contributed by atoms with Crippen molar-refractivity contribution in [2.45, 2.75) is 38.8 Å². The number of amides is 1. The topological polar surface area (TPSA) is 32.3 Å². The molecular formula is C21H26N2O. The normalized spacial score (nSPS) is 14.7. The monoisotopic (exact) mass is 322 g/mol. The average molecular weight is 322 g/mol. The van der Waals surface area contributed by atoms with Gasteiger partial charge in [-0.3, -0.25) is 9.69 Å². The summed E-state index contributed by atoms with van der Waals surface area (Å²) in [5, 5.41) is 3.08. The van der Waals surface area contributed by atoms with E-state index in [-0.39, 0.29) is 5.91 Å². The molecule has 0 bridgehead atoms. The molecule has 1 N–H and O–H groups in total. The number of carbonyl (C=O) groups is 1. The highest BCUT2D eigenvalue weighted by Crippen LogP contribution is 2.16. The van der Waals surface area contributed by atoms with Crippen molar-refractivity contribution in [2.75, 3.05) is 13.1 Å². The Labute approximate surface area is 144 Å². The molecule has 0 atom stereocenters.